The SMILES string of the molecule is CC/C=C\C/C=C\C/C=C\C/C=C\CCC(=O)OCC(COP(=O)(O)OCC(CO)OC(=O)CCCCCCCCCCCCCCC)OC(=O)CCCCCCC/C=C\C/C=C\C/C=C\CC. The monoisotopic (exact) mass is 975 g/mol. The van der Waals surface area contributed by atoms with Gasteiger partial charge < -0.3 is 24.2 Å². The van der Waals surface area contributed by atoms with Crippen LogP contribution in [0.5, 0.6) is 0 Å². The molecule has 0 aromatic rings. The summed E-state index contributed by atoms with van der Waals surface area (Å²) in [6.07, 6.45) is 55.7. The van der Waals surface area contributed by atoms with Crippen LogP contribution in [0.25, 0.3) is 0 Å². The van der Waals surface area contributed by atoms with Crippen LogP contribution in [0, 0.1) is 0 Å². The molecule has 0 aliphatic carbocycles. The quantitative estimate of drug-likeness (QED) is 0.0197. The summed E-state index contributed by atoms with van der Waals surface area (Å²) in [6, 6.07) is 0. The van der Waals surface area contributed by atoms with Gasteiger partial charge in [0.25, 0.3) is 0 Å². The van der Waals surface area contributed by atoms with Gasteiger partial charge in [0, 0.05) is 19.3 Å². The molecule has 12 heteroatoms. The van der Waals surface area contributed by atoms with E-state index in [9.17, 15) is 28.9 Å². The number of carbonyl (C=O) groups excluding carboxylic acids is 3. The standard InChI is InChI=1S/C56H95O11P/c1-4-7-10-13-16-19-22-25-26-29-32-35-38-41-44-47-56(60)67-53(49-63-54(58)45-42-39-36-33-30-27-23-20-17-14-11-8-5-2)51-65-68(61,62)64-50-52(48-57)66-55(59)46-43-40-37-34-31-28-24-21-18-15-12-9-6-3/h7-8,10-11,16-17,19-20,25-27,30,36,39,52-53,57H,4-6,9,12-15,18,21-24,28-29,31-35,37-38,40-51H2,1-3H3,(H,61,62)/b10-7-,11-8-,19-16-,20-17-,26-25-,30-27-,39-36-. The summed E-state index contributed by atoms with van der Waals surface area (Å²) in [7, 11) is -4.76. The first-order chi connectivity index (χ1) is 33.2. The first-order valence-electron chi connectivity index (χ1n) is 26.5. The number of rotatable bonds is 48. The highest BCUT2D eigenvalue weighted by atomic mass is 31.2. The van der Waals surface area contributed by atoms with E-state index in [2.05, 4.69) is 93.7 Å². The van der Waals surface area contributed by atoms with E-state index < -0.39 is 57.8 Å². The van der Waals surface area contributed by atoms with Crippen molar-refractivity contribution in [3.05, 3.63) is 85.1 Å². The maximum Gasteiger partial charge on any atom is 0.472 e. The molecule has 0 aliphatic rings. The second-order valence-electron chi connectivity index (χ2n) is 17.3. The molecule has 11 nitrogen and oxygen atoms in total. The van der Waals surface area contributed by atoms with Crippen molar-refractivity contribution in [3.8, 4) is 0 Å². The number of allylic oxidation sites excluding steroid dienone is 14. The molecule has 2 N–H and O–H groups in total. The van der Waals surface area contributed by atoms with Crippen LogP contribution in [0.1, 0.15) is 213 Å². The molecule has 0 spiro atoms. The lowest BCUT2D eigenvalue weighted by atomic mass is 10.0. The summed E-state index contributed by atoms with van der Waals surface area (Å²) in [5.74, 6) is -1.59. The number of hydrogen-bond acceptors (Lipinski definition) is 10. The molecule has 0 aromatic carbocycles. The van der Waals surface area contributed by atoms with Gasteiger partial charge in [-0.05, 0) is 77.0 Å². The largest absolute Gasteiger partial charge is 0.472 e. The molecule has 3 atom stereocenters. The van der Waals surface area contributed by atoms with E-state index in [1.54, 1.807) is 0 Å². The van der Waals surface area contributed by atoms with E-state index in [1.807, 2.05) is 12.2 Å². The van der Waals surface area contributed by atoms with Crippen LogP contribution in [-0.2, 0) is 42.2 Å². The zero-order valence-electron chi connectivity index (χ0n) is 42.8. The molecule has 3 unspecified atom stereocenters. The predicted octanol–water partition coefficient (Wildman–Crippen LogP) is 15.1. The van der Waals surface area contributed by atoms with E-state index in [0.29, 0.717) is 19.3 Å². The molecular formula is C56H95O11P. The maximum atomic E-state index is 12.8. The predicted molar refractivity (Wildman–Crippen MR) is 279 cm³/mol. The second-order valence-corrected chi connectivity index (χ2v) is 18.7. The molecule has 0 aliphatic heterocycles. The van der Waals surface area contributed by atoms with Crippen LogP contribution in [0.15, 0.2) is 85.1 Å². The number of aliphatic hydroxyl groups is 1. The lowest BCUT2D eigenvalue weighted by molar-refractivity contribution is -0.161. The number of esters is 3. The van der Waals surface area contributed by atoms with Crippen molar-refractivity contribution in [1.82, 2.24) is 0 Å². The highest BCUT2D eigenvalue weighted by Gasteiger charge is 2.28. The lowest BCUT2D eigenvalue weighted by Crippen LogP contribution is -2.30. The molecule has 0 heterocycles. The van der Waals surface area contributed by atoms with Crippen molar-refractivity contribution >= 4 is 25.7 Å². The van der Waals surface area contributed by atoms with E-state index in [0.717, 1.165) is 96.3 Å². The molecule has 0 rings (SSSR count). The van der Waals surface area contributed by atoms with E-state index in [-0.39, 0.29) is 25.9 Å². The van der Waals surface area contributed by atoms with Crippen molar-refractivity contribution in [2.75, 3.05) is 26.4 Å². The second kappa shape index (κ2) is 50.1. The van der Waals surface area contributed by atoms with Crippen molar-refractivity contribution in [3.63, 3.8) is 0 Å². The minimum absolute atomic E-state index is 0.0990. The summed E-state index contributed by atoms with van der Waals surface area (Å²) in [5, 5.41) is 9.78. The number of phosphoric ester groups is 1. The van der Waals surface area contributed by atoms with E-state index >= 15 is 0 Å². The lowest BCUT2D eigenvalue weighted by Gasteiger charge is -2.21. The third-order valence-electron chi connectivity index (χ3n) is 10.8. The number of carbonyl (C=O) groups is 3. The van der Waals surface area contributed by atoms with Crippen LogP contribution in [-0.4, -0.2) is 66.5 Å². The summed E-state index contributed by atoms with van der Waals surface area (Å²) in [5.41, 5.74) is 0. The summed E-state index contributed by atoms with van der Waals surface area (Å²) >= 11 is 0. The topological polar surface area (TPSA) is 155 Å². The van der Waals surface area contributed by atoms with Gasteiger partial charge in [-0.2, -0.15) is 0 Å². The molecule has 0 saturated heterocycles. The van der Waals surface area contributed by atoms with Gasteiger partial charge in [0.05, 0.1) is 19.8 Å². The first kappa shape index (κ1) is 64.7. The Bertz CT molecular complexity index is 1460. The highest BCUT2D eigenvalue weighted by molar-refractivity contribution is 7.47. The average Bonchev–Trinajstić information content (AvgIpc) is 3.32. The van der Waals surface area contributed by atoms with E-state index in [1.165, 1.54) is 57.8 Å². The Kier molecular flexibility index (Phi) is 47.6. The zero-order chi connectivity index (χ0) is 49.9. The Hall–Kier alpha value is -3.34. The van der Waals surface area contributed by atoms with Gasteiger partial charge in [0.15, 0.2) is 6.10 Å². The van der Waals surface area contributed by atoms with Crippen LogP contribution in [0.3, 0.4) is 0 Å². The average molecular weight is 975 g/mol. The molecule has 0 fully saturated rings. The van der Waals surface area contributed by atoms with Crippen LogP contribution in [0.4, 0.5) is 0 Å². The van der Waals surface area contributed by atoms with Gasteiger partial charge in [-0.25, -0.2) is 4.57 Å². The van der Waals surface area contributed by atoms with Crippen molar-refractivity contribution in [2.24, 2.45) is 0 Å². The minimum atomic E-state index is -4.76. The third kappa shape index (κ3) is 47.7. The molecule has 0 amide bonds. The molecular weight excluding hydrogens is 880 g/mol. The Labute approximate surface area is 413 Å². The van der Waals surface area contributed by atoms with Crippen molar-refractivity contribution in [1.29, 1.82) is 0 Å². The van der Waals surface area contributed by atoms with Gasteiger partial charge in [-0.1, -0.05) is 202 Å². The smallest absolute Gasteiger partial charge is 0.462 e. The van der Waals surface area contributed by atoms with Gasteiger partial charge in [-0.15, -0.1) is 0 Å². The third-order valence-corrected chi connectivity index (χ3v) is 11.8. The first-order valence-corrected chi connectivity index (χ1v) is 28.0. The van der Waals surface area contributed by atoms with Gasteiger partial charge in [0.1, 0.15) is 12.7 Å². The fraction of sp³-hybridized carbons (Fsp3) is 0.696. The number of unbranched alkanes of at least 4 members (excludes halogenated alkanes) is 17. The van der Waals surface area contributed by atoms with Crippen LogP contribution < -0.4 is 0 Å². The summed E-state index contributed by atoms with van der Waals surface area (Å²) in [4.78, 5) is 48.3. The molecule has 0 aromatic heterocycles. The Morgan fingerprint density at radius 2 is 0.794 bits per heavy atom. The fourth-order valence-corrected chi connectivity index (χ4v) is 7.64. The van der Waals surface area contributed by atoms with Crippen LogP contribution >= 0.6 is 7.82 Å². The van der Waals surface area contributed by atoms with Crippen molar-refractivity contribution < 1.29 is 52.2 Å². The Balaban J connectivity index is 4.83. The number of aliphatic hydroxyl groups excluding tert-OH is 1. The van der Waals surface area contributed by atoms with E-state index in [4.69, 9.17) is 23.3 Å². The molecule has 0 saturated carbocycles. The van der Waals surface area contributed by atoms with Crippen molar-refractivity contribution in [2.45, 2.75) is 226 Å². The molecule has 0 bridgehead atoms. The Morgan fingerprint density at radius 3 is 1.24 bits per heavy atom. The number of ether oxygens (including phenoxy) is 3. The number of phosphoric acid groups is 1. The highest BCUT2D eigenvalue weighted by Crippen LogP contribution is 2.43. The maximum absolute atomic E-state index is 12.8. The van der Waals surface area contributed by atoms with Gasteiger partial charge in [0.2, 0.25) is 0 Å². The van der Waals surface area contributed by atoms with Gasteiger partial charge >= 0.3 is 25.7 Å². The van der Waals surface area contributed by atoms with Crippen LogP contribution in [0.2, 0.25) is 0 Å². The molecule has 0 radical (unpaired) electrons. The molecule has 390 valence electrons. The fourth-order valence-electron chi connectivity index (χ4n) is 6.85. The van der Waals surface area contributed by atoms with Gasteiger partial charge in [-0.3, -0.25) is 23.4 Å². The Morgan fingerprint density at radius 1 is 0.426 bits per heavy atom. The molecule has 68 heavy (non-hydrogen) atoms. The summed E-state index contributed by atoms with van der Waals surface area (Å²) < 4.78 is 39.3. The number of hydrogen-bond donors (Lipinski definition) is 2. The normalized spacial score (nSPS) is 14.1. The minimum Gasteiger partial charge on any atom is -0.462 e. The summed E-state index contributed by atoms with van der Waals surface area (Å²) in [6.45, 7) is 4.30. The zero-order valence-corrected chi connectivity index (χ0v) is 43.7.